The van der Waals surface area contributed by atoms with Crippen molar-refractivity contribution in [3.63, 3.8) is 0 Å². The van der Waals surface area contributed by atoms with E-state index in [-0.39, 0.29) is 12.1 Å². The van der Waals surface area contributed by atoms with E-state index < -0.39 is 0 Å². The lowest BCUT2D eigenvalue weighted by atomic mass is 9.34. The second kappa shape index (κ2) is 13.6. The van der Waals surface area contributed by atoms with Gasteiger partial charge in [0.15, 0.2) is 0 Å². The molecule has 9 aromatic rings. The molecule has 0 atom stereocenters. The van der Waals surface area contributed by atoms with Gasteiger partial charge in [0.05, 0.1) is 0 Å². The van der Waals surface area contributed by atoms with Crippen molar-refractivity contribution >= 4 is 44.6 Å². The van der Waals surface area contributed by atoms with Crippen molar-refractivity contribution in [2.24, 2.45) is 0 Å². The van der Waals surface area contributed by atoms with Crippen LogP contribution in [0.15, 0.2) is 182 Å². The first-order chi connectivity index (χ1) is 28.8. The zero-order valence-electron chi connectivity index (χ0n) is 33.8. The number of ether oxygens (including phenoxy) is 2. The highest BCUT2D eigenvalue weighted by atomic mass is 16.5. The maximum absolute atomic E-state index is 7.06. The lowest BCUT2D eigenvalue weighted by Gasteiger charge is -2.34. The Morgan fingerprint density at radius 3 is 1.56 bits per heavy atom. The summed E-state index contributed by atoms with van der Waals surface area (Å²) >= 11 is 0. The Hall–Kier alpha value is -6.84. The van der Waals surface area contributed by atoms with Gasteiger partial charge in [0.2, 0.25) is 0 Å². The van der Waals surface area contributed by atoms with Crippen LogP contribution in [0.1, 0.15) is 50.3 Å². The molecule has 0 amide bonds. The zero-order valence-corrected chi connectivity index (χ0v) is 33.8. The van der Waals surface area contributed by atoms with Crippen molar-refractivity contribution in [1.82, 2.24) is 0 Å². The molecule has 9 aromatic carbocycles. The van der Waals surface area contributed by atoms with Gasteiger partial charge in [0.1, 0.15) is 23.0 Å². The molecule has 0 aliphatic carbocycles. The third-order valence-corrected chi connectivity index (χ3v) is 12.8. The number of hydrogen-bond donors (Lipinski definition) is 0. The molecule has 0 saturated carbocycles. The second-order valence-electron chi connectivity index (χ2n) is 17.0. The van der Waals surface area contributed by atoms with Crippen molar-refractivity contribution in [2.75, 3.05) is 0 Å². The van der Waals surface area contributed by atoms with Crippen LogP contribution in [0.4, 0.5) is 0 Å². The van der Waals surface area contributed by atoms with E-state index in [1.165, 1.54) is 60.5 Å². The maximum atomic E-state index is 7.06. The molecule has 11 rings (SSSR count). The first kappa shape index (κ1) is 35.3. The summed E-state index contributed by atoms with van der Waals surface area (Å²) in [6, 6.07) is 66.3. The van der Waals surface area contributed by atoms with E-state index in [9.17, 15) is 0 Å². The SMILES string of the molecule is CC(C)c1cc(-c2cc3c4c(c2)Oc2cc(C(C)(C)c5ccccc5)ccc2B4c2ccccc2O3)cc(-c2c3ccccc3c(-c3ccccc3)c3ccccc23)c1. The minimum atomic E-state index is -0.207. The summed E-state index contributed by atoms with van der Waals surface area (Å²) in [5, 5.41) is 4.99. The summed E-state index contributed by atoms with van der Waals surface area (Å²) < 4.78 is 13.9. The highest BCUT2D eigenvalue weighted by molar-refractivity contribution is 6.98. The van der Waals surface area contributed by atoms with Gasteiger partial charge in [-0.25, -0.2) is 0 Å². The fourth-order valence-electron chi connectivity index (χ4n) is 9.67. The van der Waals surface area contributed by atoms with Crippen LogP contribution < -0.4 is 25.9 Å². The predicted octanol–water partition coefficient (Wildman–Crippen LogP) is 13.2. The van der Waals surface area contributed by atoms with Crippen LogP contribution in [-0.2, 0) is 5.41 Å². The molecule has 0 aromatic heterocycles. The molecule has 0 fully saturated rings. The summed E-state index contributed by atoms with van der Waals surface area (Å²) in [4.78, 5) is 0. The van der Waals surface area contributed by atoms with E-state index in [0.717, 1.165) is 50.5 Å². The summed E-state index contributed by atoms with van der Waals surface area (Å²) in [5.74, 6) is 3.80. The van der Waals surface area contributed by atoms with Gasteiger partial charge in [-0.3, -0.25) is 0 Å². The molecule has 0 N–H and O–H groups in total. The Kier molecular flexibility index (Phi) is 8.17. The first-order valence-electron chi connectivity index (χ1n) is 20.8. The Labute approximate surface area is 346 Å². The standard InChI is InChI=1S/C56H43BO2/c1-35(2)37-29-38(31-40(30-37)54-45-23-13-11-21-43(45)53(36-17-7-5-8-18-36)44-22-12-14-24-46(44)54)39-32-51-55-52(33-39)59-50-34-42(56(3,4)41-19-9-6-10-20-41)27-28-48(50)57(55)47-25-15-16-26-49(47)58-51/h5-35H,1-4H3. The van der Waals surface area contributed by atoms with Crippen molar-refractivity contribution in [3.8, 4) is 56.4 Å². The molecule has 3 heteroatoms. The number of benzene rings is 9. The fourth-order valence-corrected chi connectivity index (χ4v) is 9.67. The molecule has 0 saturated heterocycles. The van der Waals surface area contributed by atoms with E-state index in [4.69, 9.17) is 9.47 Å². The lowest BCUT2D eigenvalue weighted by molar-refractivity contribution is 0.463. The van der Waals surface area contributed by atoms with Gasteiger partial charge in [0, 0.05) is 10.9 Å². The van der Waals surface area contributed by atoms with Crippen LogP contribution in [0.3, 0.4) is 0 Å². The van der Waals surface area contributed by atoms with Crippen molar-refractivity contribution in [3.05, 3.63) is 199 Å². The smallest absolute Gasteiger partial charge is 0.260 e. The summed E-state index contributed by atoms with van der Waals surface area (Å²) in [6.07, 6.45) is 0. The Morgan fingerprint density at radius 1 is 0.407 bits per heavy atom. The van der Waals surface area contributed by atoms with Crippen LogP contribution in [-0.4, -0.2) is 6.71 Å². The largest absolute Gasteiger partial charge is 0.458 e. The topological polar surface area (TPSA) is 18.5 Å². The third kappa shape index (κ3) is 5.71. The molecule has 2 heterocycles. The van der Waals surface area contributed by atoms with Gasteiger partial charge in [-0.1, -0.05) is 179 Å². The molecule has 0 spiro atoms. The van der Waals surface area contributed by atoms with Gasteiger partial charge >= 0.3 is 0 Å². The van der Waals surface area contributed by atoms with E-state index in [1.807, 2.05) is 0 Å². The molecule has 0 unspecified atom stereocenters. The third-order valence-electron chi connectivity index (χ3n) is 12.8. The highest BCUT2D eigenvalue weighted by Gasteiger charge is 2.41. The summed E-state index contributed by atoms with van der Waals surface area (Å²) in [7, 11) is 0. The molecule has 2 nitrogen and oxygen atoms in total. The Morgan fingerprint density at radius 2 is 0.915 bits per heavy atom. The molecule has 59 heavy (non-hydrogen) atoms. The maximum Gasteiger partial charge on any atom is 0.260 e. The zero-order chi connectivity index (χ0) is 39.8. The lowest BCUT2D eigenvalue weighted by Crippen LogP contribution is -2.57. The number of rotatable bonds is 6. The normalized spacial score (nSPS) is 12.8. The van der Waals surface area contributed by atoms with Crippen LogP contribution in [0.25, 0.3) is 54.9 Å². The Bertz CT molecular complexity index is 3050. The van der Waals surface area contributed by atoms with Gasteiger partial charge < -0.3 is 9.47 Å². The predicted molar refractivity (Wildman–Crippen MR) is 248 cm³/mol. The van der Waals surface area contributed by atoms with Crippen LogP contribution in [0.2, 0.25) is 0 Å². The monoisotopic (exact) mass is 758 g/mol. The van der Waals surface area contributed by atoms with Crippen molar-refractivity contribution in [2.45, 2.75) is 39.0 Å². The summed E-state index contributed by atoms with van der Waals surface area (Å²) in [5.41, 5.74) is 14.1. The van der Waals surface area contributed by atoms with Gasteiger partial charge in [-0.2, -0.15) is 0 Å². The van der Waals surface area contributed by atoms with Gasteiger partial charge in [-0.05, 0) is 119 Å². The van der Waals surface area contributed by atoms with Crippen LogP contribution >= 0.6 is 0 Å². The van der Waals surface area contributed by atoms with E-state index >= 15 is 0 Å². The molecular weight excluding hydrogens is 715 g/mol. The van der Waals surface area contributed by atoms with Crippen molar-refractivity contribution in [1.29, 1.82) is 0 Å². The Balaban J connectivity index is 1.11. The van der Waals surface area contributed by atoms with Gasteiger partial charge in [0.25, 0.3) is 6.71 Å². The van der Waals surface area contributed by atoms with Gasteiger partial charge in [-0.15, -0.1) is 0 Å². The van der Waals surface area contributed by atoms with E-state index in [0.29, 0.717) is 5.92 Å². The van der Waals surface area contributed by atoms with Crippen molar-refractivity contribution < 1.29 is 9.47 Å². The average molecular weight is 759 g/mol. The fraction of sp³-hybridized carbons (Fsp3) is 0.107. The van der Waals surface area contributed by atoms with E-state index in [2.05, 4.69) is 210 Å². The molecule has 2 aliphatic rings. The molecular formula is C56H43BO2. The molecule has 282 valence electrons. The highest BCUT2D eigenvalue weighted by Crippen LogP contribution is 2.46. The first-order valence-corrected chi connectivity index (χ1v) is 20.8. The average Bonchev–Trinajstić information content (AvgIpc) is 3.28. The number of hydrogen-bond acceptors (Lipinski definition) is 2. The van der Waals surface area contributed by atoms with Crippen LogP contribution in [0, 0.1) is 0 Å². The number of fused-ring (bicyclic) bond motifs is 6. The minimum absolute atomic E-state index is 0.00458. The molecule has 2 aliphatic heterocycles. The minimum Gasteiger partial charge on any atom is -0.458 e. The quantitative estimate of drug-likeness (QED) is 0.124. The van der Waals surface area contributed by atoms with Crippen LogP contribution in [0.5, 0.6) is 23.0 Å². The van der Waals surface area contributed by atoms with E-state index in [1.54, 1.807) is 0 Å². The summed E-state index contributed by atoms with van der Waals surface area (Å²) in [6.45, 7) is 9.15. The molecule has 0 radical (unpaired) electrons. The second-order valence-corrected chi connectivity index (χ2v) is 17.0. The number of para-hydroxylation sites is 1. The molecule has 0 bridgehead atoms.